The van der Waals surface area contributed by atoms with Gasteiger partial charge in [-0.2, -0.15) is 9.98 Å². The van der Waals surface area contributed by atoms with Gasteiger partial charge < -0.3 is 14.3 Å². The highest BCUT2D eigenvalue weighted by molar-refractivity contribution is 6.29. The molecule has 0 aliphatic carbocycles. The zero-order valence-corrected chi connectivity index (χ0v) is 24.0. The van der Waals surface area contributed by atoms with E-state index in [4.69, 9.17) is 14.7 Å². The van der Waals surface area contributed by atoms with Crippen molar-refractivity contribution in [1.82, 2.24) is 14.5 Å². The van der Waals surface area contributed by atoms with Crippen LogP contribution in [0, 0.1) is 0 Å². The third-order valence-electron chi connectivity index (χ3n) is 8.47. The number of H-pyrrole nitrogens is 1. The monoisotopic (exact) mass is 595 g/mol. The third-order valence-corrected chi connectivity index (χ3v) is 8.47. The first-order chi connectivity index (χ1) is 22.8. The number of aliphatic imine (C=N–C) groups is 6. The highest BCUT2D eigenvalue weighted by Crippen LogP contribution is 2.41. The van der Waals surface area contributed by atoms with E-state index in [9.17, 15) is 0 Å². The zero-order chi connectivity index (χ0) is 30.2. The van der Waals surface area contributed by atoms with Crippen LogP contribution in [0.5, 0.6) is 11.5 Å². The maximum Gasteiger partial charge on any atom is 0.243 e. The Kier molecular flexibility index (Phi) is 5.06. The first kappa shape index (κ1) is 24.7. The van der Waals surface area contributed by atoms with Crippen LogP contribution < -0.4 is 4.74 Å². The smallest absolute Gasteiger partial charge is 0.243 e. The second kappa shape index (κ2) is 9.41. The Morgan fingerprint density at radius 3 is 2.22 bits per heavy atom. The molecule has 10 rings (SSSR count). The Hall–Kier alpha value is -6.68. The molecule has 2 aromatic heterocycles. The van der Waals surface area contributed by atoms with Crippen LogP contribution in [0.1, 0.15) is 5.56 Å². The topological polar surface area (TPSA) is 107 Å². The normalized spacial score (nSPS) is 15.3. The Labute approximate surface area is 260 Å². The molecule has 5 aromatic carbocycles. The van der Waals surface area contributed by atoms with Gasteiger partial charge in [0.15, 0.2) is 11.6 Å². The van der Waals surface area contributed by atoms with Crippen LogP contribution in [0.2, 0.25) is 0 Å². The summed E-state index contributed by atoms with van der Waals surface area (Å²) in [5.41, 5.74) is 5.96. The lowest BCUT2D eigenvalue weighted by Crippen LogP contribution is -2.45. The lowest BCUT2D eigenvalue weighted by Gasteiger charge is -2.27. The van der Waals surface area contributed by atoms with Gasteiger partial charge in [0.05, 0.1) is 27.8 Å². The number of aromatic nitrogens is 2. The van der Waals surface area contributed by atoms with Crippen LogP contribution in [0.3, 0.4) is 0 Å². The number of benzene rings is 5. The van der Waals surface area contributed by atoms with E-state index in [1.807, 2.05) is 42.5 Å². The number of hydrogen-bond donors (Lipinski definition) is 1. The molecule has 0 radical (unpaired) electrons. The van der Waals surface area contributed by atoms with Gasteiger partial charge in [-0.3, -0.25) is 0 Å². The average molecular weight is 596 g/mol. The minimum Gasteiger partial charge on any atom is -0.454 e. The summed E-state index contributed by atoms with van der Waals surface area (Å²) in [5.74, 6) is 2.94. The van der Waals surface area contributed by atoms with Gasteiger partial charge in [-0.15, -0.1) is 0 Å². The van der Waals surface area contributed by atoms with E-state index in [0.29, 0.717) is 40.8 Å². The molecule has 5 heterocycles. The van der Waals surface area contributed by atoms with Crippen molar-refractivity contribution >= 4 is 80.0 Å². The molecule has 0 bridgehead atoms. The number of nitrogens with one attached hydrogen (secondary N) is 1. The number of para-hydroxylation sites is 5. The van der Waals surface area contributed by atoms with E-state index in [-0.39, 0.29) is 0 Å². The maximum absolute atomic E-state index is 6.80. The molecule has 1 N–H and O–H groups in total. The van der Waals surface area contributed by atoms with Crippen LogP contribution in [-0.4, -0.2) is 50.8 Å². The zero-order valence-electron chi connectivity index (χ0n) is 24.0. The lowest BCUT2D eigenvalue weighted by molar-refractivity contribution is 0.479. The molecule has 0 atom stereocenters. The lowest BCUT2D eigenvalue weighted by atomic mass is 10.1. The van der Waals surface area contributed by atoms with Crippen molar-refractivity contribution in [3.05, 3.63) is 115 Å². The minimum atomic E-state index is 0.397. The second-order valence-electron chi connectivity index (χ2n) is 11.0. The molecule has 216 valence electrons. The van der Waals surface area contributed by atoms with Gasteiger partial charge in [0.1, 0.15) is 18.4 Å². The average Bonchev–Trinajstić information content (AvgIpc) is 3.65. The van der Waals surface area contributed by atoms with Gasteiger partial charge in [0.2, 0.25) is 17.9 Å². The van der Waals surface area contributed by atoms with Crippen LogP contribution >= 0.6 is 0 Å². The van der Waals surface area contributed by atoms with Gasteiger partial charge in [0.25, 0.3) is 0 Å². The van der Waals surface area contributed by atoms with E-state index in [0.717, 1.165) is 38.5 Å². The Morgan fingerprint density at radius 2 is 1.28 bits per heavy atom. The number of guanidine groups is 3. The van der Waals surface area contributed by atoms with Crippen LogP contribution in [-0.2, 0) is 0 Å². The standard InChI is InChI=1S/C36H21N9O/c1-4-12-26-21(9-1)23-17-18-24-22-10-2-5-13-27(22)44(32(24)31(23)41-26)28-14-6-8-16-30(28)46-29-15-7-3-11-25(29)33-42-35-39-19-37-34-38-20-40-36(43-33)45(34)35/h1-20,41H. The van der Waals surface area contributed by atoms with Crippen molar-refractivity contribution in [3.8, 4) is 17.2 Å². The van der Waals surface area contributed by atoms with Crippen LogP contribution in [0.4, 0.5) is 0 Å². The summed E-state index contributed by atoms with van der Waals surface area (Å²) in [6.45, 7) is 0. The first-order valence-corrected chi connectivity index (χ1v) is 14.8. The number of ether oxygens (including phenoxy) is 1. The fourth-order valence-corrected chi connectivity index (χ4v) is 6.50. The molecule has 3 aliphatic rings. The van der Waals surface area contributed by atoms with Crippen molar-refractivity contribution in [2.45, 2.75) is 0 Å². The highest BCUT2D eigenvalue weighted by Gasteiger charge is 2.32. The van der Waals surface area contributed by atoms with E-state index in [2.05, 4.69) is 96.3 Å². The Bertz CT molecular complexity index is 2630. The molecule has 0 fully saturated rings. The van der Waals surface area contributed by atoms with Crippen molar-refractivity contribution in [1.29, 1.82) is 0 Å². The molecule has 10 nitrogen and oxygen atoms in total. The molecule has 0 spiro atoms. The quantitative estimate of drug-likeness (QED) is 0.229. The van der Waals surface area contributed by atoms with E-state index >= 15 is 0 Å². The molecule has 46 heavy (non-hydrogen) atoms. The van der Waals surface area contributed by atoms with Crippen LogP contribution in [0.25, 0.3) is 49.3 Å². The molecule has 0 saturated carbocycles. The molecule has 10 heteroatoms. The van der Waals surface area contributed by atoms with Crippen molar-refractivity contribution in [3.63, 3.8) is 0 Å². The van der Waals surface area contributed by atoms with Gasteiger partial charge in [-0.25, -0.2) is 24.9 Å². The molecule has 0 unspecified atom stereocenters. The summed E-state index contributed by atoms with van der Waals surface area (Å²) >= 11 is 0. The van der Waals surface area contributed by atoms with E-state index in [1.54, 1.807) is 4.90 Å². The summed E-state index contributed by atoms with van der Waals surface area (Å²) in [4.78, 5) is 31.9. The summed E-state index contributed by atoms with van der Waals surface area (Å²) in [7, 11) is 0. The van der Waals surface area contributed by atoms with Gasteiger partial charge in [-0.05, 0) is 36.4 Å². The molecule has 0 saturated heterocycles. The summed E-state index contributed by atoms with van der Waals surface area (Å²) in [6.07, 6.45) is 2.87. The van der Waals surface area contributed by atoms with Gasteiger partial charge in [0, 0.05) is 27.1 Å². The number of nitrogens with zero attached hydrogens (tertiary/aromatic N) is 8. The number of hydrogen-bond acceptors (Lipinski definition) is 8. The van der Waals surface area contributed by atoms with Gasteiger partial charge >= 0.3 is 0 Å². The largest absolute Gasteiger partial charge is 0.454 e. The fourth-order valence-electron chi connectivity index (χ4n) is 6.50. The summed E-state index contributed by atoms with van der Waals surface area (Å²) < 4.78 is 9.10. The minimum absolute atomic E-state index is 0.397. The highest BCUT2D eigenvalue weighted by atomic mass is 16.5. The molecular formula is C36H21N9O. The number of fused-ring (bicyclic) bond motifs is 7. The third kappa shape index (κ3) is 3.52. The molecular weight excluding hydrogens is 574 g/mol. The predicted octanol–water partition coefficient (Wildman–Crippen LogP) is 7.42. The van der Waals surface area contributed by atoms with Crippen molar-refractivity contribution in [2.75, 3.05) is 0 Å². The van der Waals surface area contributed by atoms with Crippen LogP contribution in [0.15, 0.2) is 139 Å². The SMILES string of the molecule is C1=NC2=NC=NC3=NC(c4ccccc4Oc4ccccc4-n4c5ccccc5c5ccc6c7ccccc7[nH]c6c54)=NC(=N1)N23. The van der Waals surface area contributed by atoms with Crippen molar-refractivity contribution in [2.24, 2.45) is 30.0 Å². The fraction of sp³-hybridized carbons (Fsp3) is 0. The molecule has 0 amide bonds. The second-order valence-corrected chi connectivity index (χ2v) is 11.0. The number of aromatic amines is 1. The Balaban J connectivity index is 1.16. The Morgan fingerprint density at radius 1 is 0.565 bits per heavy atom. The molecule has 3 aliphatic heterocycles. The number of rotatable bonds is 4. The number of amidine groups is 1. The van der Waals surface area contributed by atoms with Gasteiger partial charge in [-0.1, -0.05) is 72.8 Å². The summed E-state index contributed by atoms with van der Waals surface area (Å²) in [5, 5.41) is 4.69. The first-order valence-electron chi connectivity index (χ1n) is 14.8. The predicted molar refractivity (Wildman–Crippen MR) is 184 cm³/mol. The van der Waals surface area contributed by atoms with Crippen molar-refractivity contribution < 1.29 is 4.74 Å². The van der Waals surface area contributed by atoms with E-state index < -0.39 is 0 Å². The van der Waals surface area contributed by atoms with E-state index in [1.165, 1.54) is 23.4 Å². The maximum atomic E-state index is 6.80. The summed E-state index contributed by atoms with van der Waals surface area (Å²) in [6, 6.07) is 37.2. The molecule has 7 aromatic rings.